The van der Waals surface area contributed by atoms with Crippen molar-refractivity contribution in [1.82, 2.24) is 5.32 Å². The van der Waals surface area contributed by atoms with E-state index in [1.54, 1.807) is 0 Å². The summed E-state index contributed by atoms with van der Waals surface area (Å²) in [5.74, 6) is 1.21. The molecule has 0 aliphatic heterocycles. The van der Waals surface area contributed by atoms with E-state index in [1.165, 1.54) is 0 Å². The number of hydrogen-bond donors (Lipinski definition) is 2. The normalized spacial score (nSPS) is 11.6. The minimum Gasteiger partial charge on any atom is -0.493 e. The lowest BCUT2D eigenvalue weighted by Gasteiger charge is -2.14. The van der Waals surface area contributed by atoms with Gasteiger partial charge in [-0.1, -0.05) is 26.0 Å². The summed E-state index contributed by atoms with van der Waals surface area (Å²) in [6, 6.07) is 7.71. The summed E-state index contributed by atoms with van der Waals surface area (Å²) < 4.78 is 5.60. The molecule has 1 unspecified atom stereocenters. The van der Waals surface area contributed by atoms with Crippen molar-refractivity contribution in [2.75, 3.05) is 13.2 Å². The molecular formula is C14H23ClN2O2. The molecule has 0 bridgehead atoms. The highest BCUT2D eigenvalue weighted by molar-refractivity contribution is 5.85. The van der Waals surface area contributed by atoms with E-state index in [4.69, 9.17) is 10.5 Å². The molecule has 1 aromatic carbocycles. The third-order valence-corrected chi connectivity index (χ3v) is 2.53. The summed E-state index contributed by atoms with van der Waals surface area (Å²) in [6.07, 6.45) is 0. The van der Waals surface area contributed by atoms with Crippen LogP contribution < -0.4 is 15.8 Å². The Kier molecular flexibility index (Phi) is 8.19. The first kappa shape index (κ1) is 17.7. The van der Waals surface area contributed by atoms with Gasteiger partial charge in [0, 0.05) is 0 Å². The fourth-order valence-electron chi connectivity index (χ4n) is 1.50. The van der Waals surface area contributed by atoms with Gasteiger partial charge in [-0.15, -0.1) is 12.4 Å². The standard InChI is InChI=1S/C14H22N2O2.ClH/c1-10(2)9-18-13-6-4-12(5-7-13)11(3)16-14(17)8-15;/h4-7,10-11H,8-9,15H2,1-3H3,(H,16,17);1H. The van der Waals surface area contributed by atoms with Gasteiger partial charge >= 0.3 is 0 Å². The predicted molar refractivity (Wildman–Crippen MR) is 79.6 cm³/mol. The summed E-state index contributed by atoms with van der Waals surface area (Å²) >= 11 is 0. The van der Waals surface area contributed by atoms with Crippen molar-refractivity contribution in [2.45, 2.75) is 26.8 Å². The molecular weight excluding hydrogens is 264 g/mol. The molecule has 108 valence electrons. The number of nitrogens with one attached hydrogen (secondary N) is 1. The van der Waals surface area contributed by atoms with Gasteiger partial charge in [-0.05, 0) is 30.5 Å². The Morgan fingerprint density at radius 1 is 1.26 bits per heavy atom. The smallest absolute Gasteiger partial charge is 0.234 e. The second-order valence-electron chi connectivity index (χ2n) is 4.77. The van der Waals surface area contributed by atoms with E-state index in [1.807, 2.05) is 31.2 Å². The van der Waals surface area contributed by atoms with Crippen LogP contribution in [0.15, 0.2) is 24.3 Å². The SMILES string of the molecule is CC(C)COc1ccc(C(C)NC(=O)CN)cc1.Cl. The van der Waals surface area contributed by atoms with E-state index in [9.17, 15) is 4.79 Å². The van der Waals surface area contributed by atoms with Crippen molar-refractivity contribution in [2.24, 2.45) is 11.7 Å². The van der Waals surface area contributed by atoms with Crippen molar-refractivity contribution >= 4 is 18.3 Å². The first-order valence-corrected chi connectivity index (χ1v) is 6.25. The summed E-state index contributed by atoms with van der Waals surface area (Å²) in [4.78, 5) is 11.2. The van der Waals surface area contributed by atoms with E-state index in [0.717, 1.165) is 11.3 Å². The molecule has 4 nitrogen and oxygen atoms in total. The van der Waals surface area contributed by atoms with Crippen LogP contribution in [0.1, 0.15) is 32.4 Å². The Balaban J connectivity index is 0.00000324. The van der Waals surface area contributed by atoms with Crippen molar-refractivity contribution in [1.29, 1.82) is 0 Å². The summed E-state index contributed by atoms with van der Waals surface area (Å²) in [7, 11) is 0. The van der Waals surface area contributed by atoms with Gasteiger partial charge < -0.3 is 15.8 Å². The fourth-order valence-corrected chi connectivity index (χ4v) is 1.50. The third-order valence-electron chi connectivity index (χ3n) is 2.53. The van der Waals surface area contributed by atoms with Crippen LogP contribution in [0, 0.1) is 5.92 Å². The van der Waals surface area contributed by atoms with Crippen LogP contribution in [0.3, 0.4) is 0 Å². The van der Waals surface area contributed by atoms with Crippen LogP contribution in [0.25, 0.3) is 0 Å². The Morgan fingerprint density at radius 3 is 2.32 bits per heavy atom. The quantitative estimate of drug-likeness (QED) is 0.843. The molecule has 1 amide bonds. The second-order valence-corrected chi connectivity index (χ2v) is 4.77. The third kappa shape index (κ3) is 6.45. The van der Waals surface area contributed by atoms with E-state index in [0.29, 0.717) is 12.5 Å². The Morgan fingerprint density at radius 2 is 1.84 bits per heavy atom. The van der Waals surface area contributed by atoms with Gasteiger partial charge in [0.05, 0.1) is 19.2 Å². The van der Waals surface area contributed by atoms with E-state index in [-0.39, 0.29) is 30.9 Å². The molecule has 0 aliphatic carbocycles. The lowest BCUT2D eigenvalue weighted by atomic mass is 10.1. The minimum atomic E-state index is -0.150. The lowest BCUT2D eigenvalue weighted by molar-refractivity contribution is -0.120. The molecule has 0 fully saturated rings. The van der Waals surface area contributed by atoms with E-state index >= 15 is 0 Å². The topological polar surface area (TPSA) is 64.3 Å². The Bertz CT molecular complexity index is 380. The number of rotatable bonds is 6. The molecule has 0 aliphatic rings. The summed E-state index contributed by atoms with van der Waals surface area (Å²) in [5.41, 5.74) is 6.29. The molecule has 1 rings (SSSR count). The highest BCUT2D eigenvalue weighted by atomic mass is 35.5. The average molecular weight is 287 g/mol. The number of halogens is 1. The number of ether oxygens (including phenoxy) is 1. The molecule has 0 radical (unpaired) electrons. The highest BCUT2D eigenvalue weighted by Crippen LogP contribution is 2.18. The Labute approximate surface area is 121 Å². The molecule has 0 saturated heterocycles. The summed E-state index contributed by atoms with van der Waals surface area (Å²) in [6.45, 7) is 6.87. The van der Waals surface area contributed by atoms with Gasteiger partial charge in [-0.25, -0.2) is 0 Å². The zero-order valence-electron chi connectivity index (χ0n) is 11.7. The van der Waals surface area contributed by atoms with Gasteiger partial charge in [0.25, 0.3) is 0 Å². The van der Waals surface area contributed by atoms with E-state index in [2.05, 4.69) is 19.2 Å². The highest BCUT2D eigenvalue weighted by Gasteiger charge is 2.08. The molecule has 3 N–H and O–H groups in total. The number of carbonyl (C=O) groups is 1. The van der Waals surface area contributed by atoms with Gasteiger partial charge in [-0.2, -0.15) is 0 Å². The van der Waals surface area contributed by atoms with Gasteiger partial charge in [-0.3, -0.25) is 4.79 Å². The molecule has 1 aromatic rings. The number of benzene rings is 1. The maximum atomic E-state index is 11.2. The van der Waals surface area contributed by atoms with Crippen LogP contribution in [0.2, 0.25) is 0 Å². The largest absolute Gasteiger partial charge is 0.493 e. The monoisotopic (exact) mass is 286 g/mol. The molecule has 0 heterocycles. The van der Waals surface area contributed by atoms with Crippen LogP contribution in [0.5, 0.6) is 5.75 Å². The average Bonchev–Trinajstić information content (AvgIpc) is 2.36. The van der Waals surface area contributed by atoms with Crippen LogP contribution >= 0.6 is 12.4 Å². The number of carbonyl (C=O) groups excluding carboxylic acids is 1. The van der Waals surface area contributed by atoms with Crippen LogP contribution in [-0.2, 0) is 4.79 Å². The van der Waals surface area contributed by atoms with Gasteiger partial charge in [0.2, 0.25) is 5.91 Å². The van der Waals surface area contributed by atoms with Crippen molar-refractivity contribution in [3.05, 3.63) is 29.8 Å². The van der Waals surface area contributed by atoms with Gasteiger partial charge in [0.15, 0.2) is 0 Å². The zero-order chi connectivity index (χ0) is 13.5. The molecule has 1 atom stereocenters. The molecule has 0 spiro atoms. The van der Waals surface area contributed by atoms with E-state index < -0.39 is 0 Å². The van der Waals surface area contributed by atoms with Crippen molar-refractivity contribution in [3.8, 4) is 5.75 Å². The number of hydrogen-bond acceptors (Lipinski definition) is 3. The molecule has 5 heteroatoms. The first-order chi connectivity index (χ1) is 8.52. The van der Waals surface area contributed by atoms with Gasteiger partial charge in [0.1, 0.15) is 5.75 Å². The molecule has 0 aromatic heterocycles. The van der Waals surface area contributed by atoms with Crippen molar-refractivity contribution < 1.29 is 9.53 Å². The summed E-state index contributed by atoms with van der Waals surface area (Å²) in [5, 5.41) is 2.81. The number of nitrogens with two attached hydrogens (primary N) is 1. The Hall–Kier alpha value is -1.26. The first-order valence-electron chi connectivity index (χ1n) is 6.25. The maximum absolute atomic E-state index is 11.2. The van der Waals surface area contributed by atoms with Crippen LogP contribution in [-0.4, -0.2) is 19.1 Å². The number of amides is 1. The molecule has 0 saturated carbocycles. The zero-order valence-corrected chi connectivity index (χ0v) is 12.5. The maximum Gasteiger partial charge on any atom is 0.234 e. The fraction of sp³-hybridized carbons (Fsp3) is 0.500. The lowest BCUT2D eigenvalue weighted by Crippen LogP contribution is -2.32. The predicted octanol–water partition coefficient (Wildman–Crippen LogP) is 2.28. The minimum absolute atomic E-state index is 0. The van der Waals surface area contributed by atoms with Crippen molar-refractivity contribution in [3.63, 3.8) is 0 Å². The van der Waals surface area contributed by atoms with Crippen LogP contribution in [0.4, 0.5) is 0 Å². The molecule has 19 heavy (non-hydrogen) atoms. The second kappa shape index (κ2) is 8.77.